The van der Waals surface area contributed by atoms with E-state index in [0.29, 0.717) is 10.2 Å². The lowest BCUT2D eigenvalue weighted by Gasteiger charge is -2.13. The summed E-state index contributed by atoms with van der Waals surface area (Å²) in [6.45, 7) is 1.85. The number of amides is 1. The van der Waals surface area contributed by atoms with Crippen molar-refractivity contribution in [2.24, 2.45) is 0 Å². The monoisotopic (exact) mass is 529 g/mol. The third-order valence-corrected chi connectivity index (χ3v) is 6.77. The van der Waals surface area contributed by atoms with Gasteiger partial charge in [-0.3, -0.25) is 14.2 Å². The van der Waals surface area contributed by atoms with Crippen LogP contribution in [-0.2, 0) is 4.79 Å². The highest BCUT2D eigenvalue weighted by atomic mass is 79.9. The van der Waals surface area contributed by atoms with Crippen LogP contribution in [0.3, 0.4) is 0 Å². The van der Waals surface area contributed by atoms with Crippen molar-refractivity contribution in [1.82, 2.24) is 9.88 Å². The SMILES string of the molecule is C[C@H](NC(=O)/C(C#N)=c1/s/c(=C/c2cccc(Br)c2)c(=O)n1-c1ccccc1)c1ccccc1. The number of nitrogens with one attached hydrogen (secondary N) is 1. The third kappa shape index (κ3) is 5.09. The summed E-state index contributed by atoms with van der Waals surface area (Å²) in [4.78, 5) is 26.6. The Hall–Kier alpha value is -3.73. The lowest BCUT2D eigenvalue weighted by atomic mass is 10.1. The molecule has 5 nitrogen and oxygen atoms in total. The largest absolute Gasteiger partial charge is 0.345 e. The molecule has 0 aliphatic carbocycles. The van der Waals surface area contributed by atoms with Crippen LogP contribution in [0.5, 0.6) is 0 Å². The molecule has 0 bridgehead atoms. The van der Waals surface area contributed by atoms with Crippen LogP contribution in [0.25, 0.3) is 17.3 Å². The fourth-order valence-electron chi connectivity index (χ4n) is 3.50. The molecule has 0 fully saturated rings. The van der Waals surface area contributed by atoms with Crippen LogP contribution < -0.4 is 20.1 Å². The molecule has 1 heterocycles. The van der Waals surface area contributed by atoms with Crippen molar-refractivity contribution in [2.45, 2.75) is 13.0 Å². The number of aromatic nitrogens is 1. The van der Waals surface area contributed by atoms with Crippen LogP contribution in [0.4, 0.5) is 0 Å². The molecular weight excluding hydrogens is 510 g/mol. The zero-order valence-electron chi connectivity index (χ0n) is 18.2. The molecule has 1 N–H and O–H groups in total. The molecule has 7 heteroatoms. The highest BCUT2D eigenvalue weighted by molar-refractivity contribution is 9.10. The Kier molecular flexibility index (Phi) is 7.21. The van der Waals surface area contributed by atoms with Gasteiger partial charge in [-0.25, -0.2) is 0 Å². The summed E-state index contributed by atoms with van der Waals surface area (Å²) >= 11 is 4.57. The van der Waals surface area contributed by atoms with E-state index in [0.717, 1.165) is 26.9 Å². The summed E-state index contributed by atoms with van der Waals surface area (Å²) in [6, 6.07) is 27.8. The summed E-state index contributed by atoms with van der Waals surface area (Å²) in [5.41, 5.74) is 1.94. The van der Waals surface area contributed by atoms with E-state index in [4.69, 9.17) is 0 Å². The number of hydrogen-bond acceptors (Lipinski definition) is 4. The van der Waals surface area contributed by atoms with Gasteiger partial charge in [-0.05, 0) is 48.4 Å². The van der Waals surface area contributed by atoms with Crippen molar-refractivity contribution in [3.63, 3.8) is 0 Å². The zero-order chi connectivity index (χ0) is 24.1. The average molecular weight is 530 g/mol. The van der Waals surface area contributed by atoms with E-state index in [2.05, 4.69) is 21.2 Å². The van der Waals surface area contributed by atoms with Gasteiger partial charge in [-0.1, -0.05) is 76.6 Å². The summed E-state index contributed by atoms with van der Waals surface area (Å²) < 4.78 is 3.03. The number of hydrogen-bond donors (Lipinski definition) is 1. The molecule has 3 aromatic carbocycles. The van der Waals surface area contributed by atoms with Gasteiger partial charge in [-0.15, -0.1) is 11.3 Å². The molecule has 0 spiro atoms. The van der Waals surface area contributed by atoms with E-state index in [1.807, 2.05) is 85.8 Å². The van der Waals surface area contributed by atoms with E-state index >= 15 is 0 Å². The van der Waals surface area contributed by atoms with Crippen molar-refractivity contribution in [3.05, 3.63) is 120 Å². The summed E-state index contributed by atoms with van der Waals surface area (Å²) in [7, 11) is 0. The van der Waals surface area contributed by atoms with Crippen molar-refractivity contribution in [1.29, 1.82) is 5.26 Å². The van der Waals surface area contributed by atoms with Crippen LogP contribution >= 0.6 is 27.3 Å². The van der Waals surface area contributed by atoms with Crippen molar-refractivity contribution >= 4 is 44.8 Å². The maximum absolute atomic E-state index is 13.4. The van der Waals surface area contributed by atoms with E-state index in [9.17, 15) is 14.9 Å². The van der Waals surface area contributed by atoms with E-state index in [-0.39, 0.29) is 21.8 Å². The lowest BCUT2D eigenvalue weighted by Crippen LogP contribution is -2.34. The zero-order valence-corrected chi connectivity index (χ0v) is 20.6. The van der Waals surface area contributed by atoms with Gasteiger partial charge in [0, 0.05) is 4.47 Å². The summed E-state index contributed by atoms with van der Waals surface area (Å²) in [5.74, 6) is -0.529. The van der Waals surface area contributed by atoms with E-state index in [1.165, 1.54) is 4.57 Å². The minimum absolute atomic E-state index is 0.109. The first-order chi connectivity index (χ1) is 16.5. The number of benzene rings is 3. The minimum atomic E-state index is -0.529. The highest BCUT2D eigenvalue weighted by Crippen LogP contribution is 2.13. The first-order valence-corrected chi connectivity index (χ1v) is 12.1. The van der Waals surface area contributed by atoms with Crippen molar-refractivity contribution < 1.29 is 4.79 Å². The third-order valence-electron chi connectivity index (χ3n) is 5.18. The Balaban J connectivity index is 1.90. The maximum Gasteiger partial charge on any atom is 0.273 e. The molecule has 0 saturated heterocycles. The highest BCUT2D eigenvalue weighted by Gasteiger charge is 2.19. The molecule has 168 valence electrons. The Morgan fingerprint density at radius 3 is 2.38 bits per heavy atom. The predicted octanol–water partition coefficient (Wildman–Crippen LogP) is 4.04. The number of carbonyl (C=O) groups is 1. The van der Waals surface area contributed by atoms with Gasteiger partial charge in [0.05, 0.1) is 16.3 Å². The van der Waals surface area contributed by atoms with Crippen LogP contribution in [0, 0.1) is 11.3 Å². The van der Waals surface area contributed by atoms with E-state index < -0.39 is 5.91 Å². The molecule has 4 rings (SSSR count). The van der Waals surface area contributed by atoms with Gasteiger partial charge in [0.15, 0.2) is 5.57 Å². The van der Waals surface area contributed by atoms with Crippen molar-refractivity contribution in [3.8, 4) is 11.8 Å². The molecule has 0 aliphatic rings. The molecule has 0 saturated carbocycles. The topological polar surface area (TPSA) is 74.9 Å². The predicted molar refractivity (Wildman–Crippen MR) is 139 cm³/mol. The van der Waals surface area contributed by atoms with Gasteiger partial charge >= 0.3 is 0 Å². The normalized spacial score (nSPS) is 13.1. The number of nitrogens with zero attached hydrogens (tertiary/aromatic N) is 2. The minimum Gasteiger partial charge on any atom is -0.345 e. The average Bonchev–Trinajstić information content (AvgIpc) is 3.16. The van der Waals surface area contributed by atoms with E-state index in [1.54, 1.807) is 18.2 Å². The molecule has 1 amide bonds. The number of halogens is 1. The first kappa shape index (κ1) is 23.4. The van der Waals surface area contributed by atoms with Gasteiger partial charge in [0.25, 0.3) is 11.5 Å². The summed E-state index contributed by atoms with van der Waals surface area (Å²) in [6.07, 6.45) is 1.76. The Bertz CT molecular complexity index is 1550. The molecule has 1 aromatic heterocycles. The second kappa shape index (κ2) is 10.5. The fourth-order valence-corrected chi connectivity index (χ4v) is 5.02. The van der Waals surface area contributed by atoms with Gasteiger partial charge in [0.1, 0.15) is 10.7 Å². The van der Waals surface area contributed by atoms with Gasteiger partial charge < -0.3 is 5.32 Å². The Morgan fingerprint density at radius 1 is 1.06 bits per heavy atom. The molecule has 0 aliphatic heterocycles. The van der Waals surface area contributed by atoms with Gasteiger partial charge in [0.2, 0.25) is 0 Å². The Morgan fingerprint density at radius 2 is 1.74 bits per heavy atom. The van der Waals surface area contributed by atoms with Crippen LogP contribution in [-0.4, -0.2) is 10.5 Å². The number of thiazole rings is 1. The number of rotatable bonds is 5. The molecule has 34 heavy (non-hydrogen) atoms. The molecular formula is C27H20BrN3O2S. The molecule has 1 atom stereocenters. The molecule has 0 radical (unpaired) electrons. The standard InChI is InChI=1S/C27H20BrN3O2S/c1-18(20-10-4-2-5-11-20)30-25(32)23(17-29)27-31(22-13-6-3-7-14-22)26(33)24(34-27)16-19-9-8-12-21(28)15-19/h2-16,18H,1H3,(H,30,32)/b24-16+,27-23+/t18-/m0/s1. The summed E-state index contributed by atoms with van der Waals surface area (Å²) in [5, 5.41) is 12.8. The molecule has 4 aromatic rings. The Labute approximate surface area is 209 Å². The second-order valence-corrected chi connectivity index (χ2v) is 9.49. The fraction of sp³-hybridized carbons (Fsp3) is 0.0741. The quantitative estimate of drug-likeness (QED) is 0.423. The lowest BCUT2D eigenvalue weighted by molar-refractivity contribution is -0.116. The number of nitriles is 1. The van der Waals surface area contributed by atoms with Crippen LogP contribution in [0.1, 0.15) is 24.1 Å². The van der Waals surface area contributed by atoms with Crippen LogP contribution in [0.15, 0.2) is 94.2 Å². The van der Waals surface area contributed by atoms with Crippen molar-refractivity contribution in [2.75, 3.05) is 0 Å². The number of para-hydroxylation sites is 1. The maximum atomic E-state index is 13.4. The first-order valence-electron chi connectivity index (χ1n) is 10.5. The second-order valence-electron chi connectivity index (χ2n) is 7.54. The van der Waals surface area contributed by atoms with Gasteiger partial charge in [-0.2, -0.15) is 5.26 Å². The number of carbonyl (C=O) groups excluding carboxylic acids is 1. The molecule has 0 unspecified atom stereocenters. The van der Waals surface area contributed by atoms with Crippen LogP contribution in [0.2, 0.25) is 0 Å². The smallest absolute Gasteiger partial charge is 0.273 e.